The van der Waals surface area contributed by atoms with Crippen LogP contribution in [0, 0.1) is 45.3 Å². The minimum Gasteiger partial charge on any atom is -0.459 e. The summed E-state index contributed by atoms with van der Waals surface area (Å²) in [5, 5.41) is 10.5. The maximum Gasteiger partial charge on any atom is 0.306 e. The van der Waals surface area contributed by atoms with Crippen LogP contribution in [0.25, 0.3) is 0 Å². The smallest absolute Gasteiger partial charge is 0.306 e. The lowest BCUT2D eigenvalue weighted by Gasteiger charge is -2.60. The molecule has 0 aromatic carbocycles. The third kappa shape index (κ3) is 4.08. The lowest BCUT2D eigenvalue weighted by molar-refractivity contribution is -0.164. The summed E-state index contributed by atoms with van der Waals surface area (Å²) in [5.74, 6) is 2.46. The van der Waals surface area contributed by atoms with E-state index in [0.29, 0.717) is 39.9 Å². The Labute approximate surface area is 210 Å². The van der Waals surface area contributed by atoms with Crippen LogP contribution in [-0.2, 0) is 9.53 Å². The zero-order chi connectivity index (χ0) is 25.4. The Morgan fingerprint density at radius 2 is 1.21 bits per heavy atom. The summed E-state index contributed by atoms with van der Waals surface area (Å²) in [6.07, 6.45) is 13.1. The Morgan fingerprint density at radius 3 is 1.79 bits per heavy atom. The molecule has 1 saturated heterocycles. The molecule has 0 aromatic rings. The van der Waals surface area contributed by atoms with E-state index in [4.69, 9.17) is 4.74 Å². The minimum absolute atomic E-state index is 0.0350. The molecule has 0 bridgehead atoms. The topological polar surface area (TPSA) is 46.5 Å². The van der Waals surface area contributed by atoms with Crippen molar-refractivity contribution in [1.29, 1.82) is 0 Å². The van der Waals surface area contributed by atoms with Crippen LogP contribution in [0.2, 0.25) is 0 Å². The molecular formula is C31H54O3. The molecule has 3 heteroatoms. The molecule has 1 aliphatic heterocycles. The van der Waals surface area contributed by atoms with E-state index in [1.54, 1.807) is 0 Å². The van der Waals surface area contributed by atoms with Crippen molar-refractivity contribution in [3.05, 3.63) is 0 Å². The molecule has 0 radical (unpaired) electrons. The van der Waals surface area contributed by atoms with Gasteiger partial charge in [-0.05, 0) is 105 Å². The largest absolute Gasteiger partial charge is 0.459 e. The van der Waals surface area contributed by atoms with Crippen molar-refractivity contribution in [3.8, 4) is 0 Å². The van der Waals surface area contributed by atoms with Gasteiger partial charge < -0.3 is 9.84 Å². The summed E-state index contributed by atoms with van der Waals surface area (Å²) in [6, 6.07) is 0. The Kier molecular flexibility index (Phi) is 6.40. The molecule has 0 amide bonds. The molecule has 4 saturated carbocycles. The number of esters is 1. The Balaban J connectivity index is 0.000000162. The van der Waals surface area contributed by atoms with Gasteiger partial charge in [-0.3, -0.25) is 4.79 Å². The van der Waals surface area contributed by atoms with Gasteiger partial charge in [0, 0.05) is 5.92 Å². The zero-order valence-corrected chi connectivity index (χ0v) is 23.9. The first-order valence-corrected chi connectivity index (χ1v) is 14.4. The van der Waals surface area contributed by atoms with E-state index in [9.17, 15) is 9.90 Å². The van der Waals surface area contributed by atoms with E-state index in [0.717, 1.165) is 24.7 Å². The van der Waals surface area contributed by atoms with E-state index in [1.807, 2.05) is 6.92 Å². The first-order valence-electron chi connectivity index (χ1n) is 14.4. The summed E-state index contributed by atoms with van der Waals surface area (Å²) in [5.41, 5.74) is 0.941. The molecule has 8 atom stereocenters. The fourth-order valence-corrected chi connectivity index (χ4v) is 10.4. The molecule has 196 valence electrons. The molecule has 5 fully saturated rings. The lowest BCUT2D eigenvalue weighted by atomic mass is 9.45. The van der Waals surface area contributed by atoms with Crippen LogP contribution in [0.4, 0.5) is 0 Å². The van der Waals surface area contributed by atoms with Gasteiger partial charge in [0.25, 0.3) is 0 Å². The molecule has 2 unspecified atom stereocenters. The second kappa shape index (κ2) is 8.22. The van der Waals surface area contributed by atoms with Crippen molar-refractivity contribution < 1.29 is 14.6 Å². The fourth-order valence-electron chi connectivity index (χ4n) is 10.4. The van der Waals surface area contributed by atoms with Crippen LogP contribution >= 0.6 is 0 Å². The molecule has 0 aromatic heterocycles. The minimum atomic E-state index is -0.446. The van der Waals surface area contributed by atoms with Crippen LogP contribution in [0.15, 0.2) is 0 Å². The standard InChI is InChI=1S/C16H26O2.C15H28O/c1-14(2)7-5-8-15(3)11(14)6-9-16(4)12(15)10-13(17)18-16;1-11-14(4)9-6-8-13(2,3)12(14)7-10-15(11,5)16/h11-12H,5-10H2,1-4H3;11-12,16H,6-10H2,1-5H3/t11?,12-,15+,16-;11-,12?,14-,15-/m11/s1. The summed E-state index contributed by atoms with van der Waals surface area (Å²) in [6.45, 7) is 21.1. The normalized spacial score (nSPS) is 51.2. The van der Waals surface area contributed by atoms with Gasteiger partial charge in [-0.2, -0.15) is 0 Å². The predicted molar refractivity (Wildman–Crippen MR) is 139 cm³/mol. The molecule has 5 aliphatic rings. The van der Waals surface area contributed by atoms with Gasteiger partial charge in [0.05, 0.1) is 12.0 Å². The fraction of sp³-hybridized carbons (Fsp3) is 0.968. The van der Waals surface area contributed by atoms with E-state index in [-0.39, 0.29) is 11.6 Å². The van der Waals surface area contributed by atoms with Gasteiger partial charge >= 0.3 is 5.97 Å². The van der Waals surface area contributed by atoms with Crippen molar-refractivity contribution in [3.63, 3.8) is 0 Å². The van der Waals surface area contributed by atoms with Crippen LogP contribution in [0.1, 0.15) is 133 Å². The van der Waals surface area contributed by atoms with Gasteiger partial charge in [0.1, 0.15) is 5.60 Å². The molecule has 4 aliphatic carbocycles. The maximum atomic E-state index is 11.8. The molecule has 5 rings (SSSR count). The molecule has 0 spiro atoms. The average molecular weight is 475 g/mol. The van der Waals surface area contributed by atoms with Gasteiger partial charge in [0.15, 0.2) is 0 Å². The summed E-state index contributed by atoms with van der Waals surface area (Å²) >= 11 is 0. The van der Waals surface area contributed by atoms with Crippen molar-refractivity contribution in [2.45, 2.75) is 144 Å². The Bertz CT molecular complexity index is 796. The molecule has 34 heavy (non-hydrogen) atoms. The number of carbonyl (C=O) groups excluding carboxylic acids is 1. The van der Waals surface area contributed by atoms with Crippen molar-refractivity contribution in [1.82, 2.24) is 0 Å². The van der Waals surface area contributed by atoms with Crippen molar-refractivity contribution in [2.24, 2.45) is 45.3 Å². The maximum absolute atomic E-state index is 11.8. The summed E-state index contributed by atoms with van der Waals surface area (Å²) in [4.78, 5) is 11.8. The highest BCUT2D eigenvalue weighted by Gasteiger charge is 2.62. The van der Waals surface area contributed by atoms with Crippen molar-refractivity contribution >= 4 is 5.97 Å². The monoisotopic (exact) mass is 474 g/mol. The lowest BCUT2D eigenvalue weighted by Crippen LogP contribution is -2.56. The highest BCUT2D eigenvalue weighted by molar-refractivity contribution is 5.73. The van der Waals surface area contributed by atoms with E-state index in [1.165, 1.54) is 51.4 Å². The van der Waals surface area contributed by atoms with E-state index < -0.39 is 5.60 Å². The highest BCUT2D eigenvalue weighted by Crippen LogP contribution is 2.65. The quantitative estimate of drug-likeness (QED) is 0.362. The van der Waals surface area contributed by atoms with E-state index in [2.05, 4.69) is 55.4 Å². The van der Waals surface area contributed by atoms with Crippen molar-refractivity contribution in [2.75, 3.05) is 0 Å². The molecule has 1 N–H and O–H groups in total. The second-order valence-electron chi connectivity index (χ2n) is 15.5. The number of fused-ring (bicyclic) bond motifs is 4. The number of hydrogen-bond acceptors (Lipinski definition) is 3. The number of aliphatic hydroxyl groups is 1. The first kappa shape index (κ1) is 26.5. The Hall–Kier alpha value is -0.570. The van der Waals surface area contributed by atoms with E-state index >= 15 is 0 Å². The Morgan fingerprint density at radius 1 is 0.706 bits per heavy atom. The van der Waals surface area contributed by atoms with Crippen LogP contribution in [-0.4, -0.2) is 22.3 Å². The highest BCUT2D eigenvalue weighted by atomic mass is 16.6. The van der Waals surface area contributed by atoms with Gasteiger partial charge in [0.2, 0.25) is 0 Å². The van der Waals surface area contributed by atoms with Gasteiger partial charge in [-0.1, -0.05) is 61.3 Å². The van der Waals surface area contributed by atoms with Gasteiger partial charge in [-0.15, -0.1) is 0 Å². The van der Waals surface area contributed by atoms with Crippen LogP contribution in [0.5, 0.6) is 0 Å². The molecular weight excluding hydrogens is 420 g/mol. The number of rotatable bonds is 0. The molecule has 3 nitrogen and oxygen atoms in total. The predicted octanol–water partition coefficient (Wildman–Crippen LogP) is 7.93. The number of carbonyl (C=O) groups is 1. The average Bonchev–Trinajstić information content (AvgIpc) is 3.01. The summed E-state index contributed by atoms with van der Waals surface area (Å²) < 4.78 is 5.70. The van der Waals surface area contributed by atoms with Crippen LogP contribution < -0.4 is 0 Å². The van der Waals surface area contributed by atoms with Crippen LogP contribution in [0.3, 0.4) is 0 Å². The number of hydrogen-bond donors (Lipinski definition) is 1. The first-order chi connectivity index (χ1) is 15.5. The van der Waals surface area contributed by atoms with Gasteiger partial charge in [-0.25, -0.2) is 0 Å². The summed E-state index contributed by atoms with van der Waals surface area (Å²) in [7, 11) is 0. The number of ether oxygens (including phenoxy) is 1. The third-order valence-corrected chi connectivity index (χ3v) is 12.6. The molecule has 1 heterocycles. The second-order valence-corrected chi connectivity index (χ2v) is 15.5. The SMILES string of the molecule is CC1(C)CCC[C@@]2(C)C1CC[C@@]1(C)OC(=O)C[C@@H]12.C[C@@H]1[C@@]2(C)CCCC(C)(C)C2CC[C@@]1(C)O. The zero-order valence-electron chi connectivity index (χ0n) is 23.9. The third-order valence-electron chi connectivity index (χ3n) is 12.6.